The summed E-state index contributed by atoms with van der Waals surface area (Å²) in [4.78, 5) is 27.3. The molecule has 0 spiro atoms. The highest BCUT2D eigenvalue weighted by Crippen LogP contribution is 2.24. The van der Waals surface area contributed by atoms with E-state index in [0.717, 1.165) is 5.56 Å². The second-order valence-corrected chi connectivity index (χ2v) is 9.97. The van der Waals surface area contributed by atoms with Crippen molar-refractivity contribution in [2.24, 2.45) is 5.92 Å². The molecule has 174 valence electrons. The Morgan fingerprint density at radius 2 is 1.72 bits per heavy atom. The summed E-state index contributed by atoms with van der Waals surface area (Å²) < 4.78 is 5.76. The van der Waals surface area contributed by atoms with E-state index in [1.807, 2.05) is 50.2 Å². The molecule has 0 radical (unpaired) electrons. The van der Waals surface area contributed by atoms with Crippen LogP contribution in [0.25, 0.3) is 0 Å². The van der Waals surface area contributed by atoms with Crippen molar-refractivity contribution < 1.29 is 14.3 Å². The number of ether oxygens (including phenoxy) is 1. The summed E-state index contributed by atoms with van der Waals surface area (Å²) in [6.07, 6.45) is 0. The van der Waals surface area contributed by atoms with Gasteiger partial charge in [-0.3, -0.25) is 9.59 Å². The smallest absolute Gasteiger partial charge is 0.261 e. The van der Waals surface area contributed by atoms with Crippen LogP contribution in [-0.4, -0.2) is 35.9 Å². The number of benzene rings is 2. The lowest BCUT2D eigenvalue weighted by molar-refractivity contribution is -0.142. The first-order chi connectivity index (χ1) is 15.0. The summed E-state index contributed by atoms with van der Waals surface area (Å²) in [6, 6.07) is 14.4. The topological polar surface area (TPSA) is 58.6 Å². The molecule has 0 aliphatic heterocycles. The van der Waals surface area contributed by atoms with E-state index in [1.54, 1.807) is 19.1 Å². The molecular weight excluding hydrogens is 424 g/mol. The van der Waals surface area contributed by atoms with Gasteiger partial charge in [0.2, 0.25) is 5.91 Å². The molecule has 5 nitrogen and oxygen atoms in total. The number of hydrogen-bond acceptors (Lipinski definition) is 3. The zero-order valence-corrected chi connectivity index (χ0v) is 20.7. The predicted octanol–water partition coefficient (Wildman–Crippen LogP) is 5.21. The van der Waals surface area contributed by atoms with E-state index in [4.69, 9.17) is 16.3 Å². The van der Waals surface area contributed by atoms with Gasteiger partial charge < -0.3 is 15.0 Å². The Balaban J connectivity index is 2.12. The molecule has 0 fully saturated rings. The first-order valence-corrected chi connectivity index (χ1v) is 11.4. The van der Waals surface area contributed by atoms with Crippen LogP contribution in [0.1, 0.15) is 52.7 Å². The highest BCUT2D eigenvalue weighted by Gasteiger charge is 2.26. The Morgan fingerprint density at radius 1 is 1.06 bits per heavy atom. The molecule has 0 aliphatic carbocycles. The average Bonchev–Trinajstić information content (AvgIpc) is 2.73. The SMILES string of the molecule is CC(C)CNC(=O)[C@@H](C)N(Cc1cccc(Cl)c1)C(=O)COc1ccc(C(C)(C)C)cc1. The van der Waals surface area contributed by atoms with E-state index in [0.29, 0.717) is 23.2 Å². The molecule has 0 aliphatic rings. The normalized spacial score (nSPS) is 12.4. The van der Waals surface area contributed by atoms with Gasteiger partial charge in [0.15, 0.2) is 6.61 Å². The van der Waals surface area contributed by atoms with E-state index in [9.17, 15) is 9.59 Å². The largest absolute Gasteiger partial charge is 0.484 e. The summed E-state index contributed by atoms with van der Waals surface area (Å²) in [5, 5.41) is 3.49. The van der Waals surface area contributed by atoms with Gasteiger partial charge in [0.25, 0.3) is 5.91 Å². The quantitative estimate of drug-likeness (QED) is 0.561. The molecular formula is C26H35ClN2O3. The van der Waals surface area contributed by atoms with Gasteiger partial charge in [-0.05, 0) is 53.6 Å². The highest BCUT2D eigenvalue weighted by atomic mass is 35.5. The van der Waals surface area contributed by atoms with Gasteiger partial charge in [-0.25, -0.2) is 0 Å². The molecule has 2 aromatic carbocycles. The van der Waals surface area contributed by atoms with Crippen molar-refractivity contribution in [3.8, 4) is 5.75 Å². The zero-order valence-electron chi connectivity index (χ0n) is 19.9. The van der Waals surface area contributed by atoms with Crippen molar-refractivity contribution in [1.29, 1.82) is 0 Å². The van der Waals surface area contributed by atoms with E-state index in [2.05, 4.69) is 26.1 Å². The second-order valence-electron chi connectivity index (χ2n) is 9.53. The van der Waals surface area contributed by atoms with Crippen LogP contribution in [0.4, 0.5) is 0 Å². The molecule has 2 amide bonds. The van der Waals surface area contributed by atoms with Crippen LogP contribution in [0.3, 0.4) is 0 Å². The van der Waals surface area contributed by atoms with E-state index in [1.165, 1.54) is 10.5 Å². The van der Waals surface area contributed by atoms with Crippen molar-refractivity contribution >= 4 is 23.4 Å². The first kappa shape index (κ1) is 25.7. The molecule has 2 aromatic rings. The van der Waals surface area contributed by atoms with Crippen LogP contribution >= 0.6 is 11.6 Å². The van der Waals surface area contributed by atoms with Crippen LogP contribution in [0.5, 0.6) is 5.75 Å². The number of nitrogens with zero attached hydrogens (tertiary/aromatic N) is 1. The van der Waals surface area contributed by atoms with Crippen LogP contribution in [0.2, 0.25) is 5.02 Å². The third-order valence-corrected chi connectivity index (χ3v) is 5.41. The maximum absolute atomic E-state index is 13.1. The molecule has 1 N–H and O–H groups in total. The Labute approximate surface area is 197 Å². The molecule has 0 saturated carbocycles. The number of halogens is 1. The molecule has 2 rings (SSSR count). The third kappa shape index (κ3) is 7.86. The summed E-state index contributed by atoms with van der Waals surface area (Å²) in [6.45, 7) is 12.9. The lowest BCUT2D eigenvalue weighted by Gasteiger charge is -2.29. The monoisotopic (exact) mass is 458 g/mol. The van der Waals surface area contributed by atoms with Crippen molar-refractivity contribution in [3.63, 3.8) is 0 Å². The fraction of sp³-hybridized carbons (Fsp3) is 0.462. The molecule has 32 heavy (non-hydrogen) atoms. The minimum absolute atomic E-state index is 0.0425. The number of amides is 2. The fourth-order valence-corrected chi connectivity index (χ4v) is 3.36. The Hall–Kier alpha value is -2.53. The number of carbonyl (C=O) groups excluding carboxylic acids is 2. The fourth-order valence-electron chi connectivity index (χ4n) is 3.15. The Bertz CT molecular complexity index is 904. The maximum atomic E-state index is 13.1. The van der Waals surface area contributed by atoms with Gasteiger partial charge in [-0.1, -0.05) is 70.5 Å². The van der Waals surface area contributed by atoms with E-state index >= 15 is 0 Å². The average molecular weight is 459 g/mol. The molecule has 0 heterocycles. The van der Waals surface area contributed by atoms with Gasteiger partial charge in [0.1, 0.15) is 11.8 Å². The van der Waals surface area contributed by atoms with Gasteiger partial charge in [0, 0.05) is 18.1 Å². The Morgan fingerprint density at radius 3 is 2.28 bits per heavy atom. The van der Waals surface area contributed by atoms with Crippen molar-refractivity contribution in [2.45, 2.75) is 59.5 Å². The molecule has 0 aromatic heterocycles. The van der Waals surface area contributed by atoms with Crippen LogP contribution in [-0.2, 0) is 21.5 Å². The van der Waals surface area contributed by atoms with Crippen molar-refractivity contribution in [1.82, 2.24) is 10.2 Å². The third-order valence-electron chi connectivity index (χ3n) is 5.18. The van der Waals surface area contributed by atoms with Crippen LogP contribution in [0.15, 0.2) is 48.5 Å². The minimum atomic E-state index is -0.646. The maximum Gasteiger partial charge on any atom is 0.261 e. The summed E-state index contributed by atoms with van der Waals surface area (Å²) in [7, 11) is 0. The van der Waals surface area contributed by atoms with Gasteiger partial charge in [0.05, 0.1) is 0 Å². The summed E-state index contributed by atoms with van der Waals surface area (Å²) in [5.41, 5.74) is 2.08. The molecule has 0 unspecified atom stereocenters. The van der Waals surface area contributed by atoms with Gasteiger partial charge in [-0.15, -0.1) is 0 Å². The lowest BCUT2D eigenvalue weighted by atomic mass is 9.87. The minimum Gasteiger partial charge on any atom is -0.484 e. The van der Waals surface area contributed by atoms with Gasteiger partial charge >= 0.3 is 0 Å². The number of nitrogens with one attached hydrogen (secondary N) is 1. The van der Waals surface area contributed by atoms with Gasteiger partial charge in [-0.2, -0.15) is 0 Å². The van der Waals surface area contributed by atoms with Crippen LogP contribution in [0, 0.1) is 5.92 Å². The first-order valence-electron chi connectivity index (χ1n) is 11.0. The summed E-state index contributed by atoms with van der Waals surface area (Å²) in [5.74, 6) is 0.481. The Kier molecular flexibility index (Phi) is 9.14. The van der Waals surface area contributed by atoms with Crippen molar-refractivity contribution in [3.05, 3.63) is 64.7 Å². The number of hydrogen-bond donors (Lipinski definition) is 1. The lowest BCUT2D eigenvalue weighted by Crippen LogP contribution is -2.49. The van der Waals surface area contributed by atoms with E-state index in [-0.39, 0.29) is 30.4 Å². The standard InChI is InChI=1S/C26H35ClN2O3/c1-18(2)15-28-25(31)19(3)29(16-20-8-7-9-22(27)14-20)24(30)17-32-23-12-10-21(11-13-23)26(4,5)6/h7-14,18-19H,15-17H2,1-6H3,(H,28,31)/t19-/m1/s1. The van der Waals surface area contributed by atoms with Crippen LogP contribution < -0.4 is 10.1 Å². The summed E-state index contributed by atoms with van der Waals surface area (Å²) >= 11 is 6.11. The number of rotatable bonds is 9. The molecule has 1 atom stereocenters. The zero-order chi connectivity index (χ0) is 23.9. The van der Waals surface area contributed by atoms with Crippen molar-refractivity contribution in [2.75, 3.05) is 13.2 Å². The predicted molar refractivity (Wildman–Crippen MR) is 130 cm³/mol. The van der Waals surface area contributed by atoms with E-state index < -0.39 is 6.04 Å². The number of carbonyl (C=O) groups is 2. The second kappa shape index (κ2) is 11.4. The molecule has 6 heteroatoms. The highest BCUT2D eigenvalue weighted by molar-refractivity contribution is 6.30. The molecule has 0 saturated heterocycles. The molecule has 0 bridgehead atoms.